The van der Waals surface area contributed by atoms with Crippen molar-refractivity contribution in [1.82, 2.24) is 4.90 Å². The van der Waals surface area contributed by atoms with Gasteiger partial charge in [-0.25, -0.2) is 4.79 Å². The molecule has 0 atom stereocenters. The molecule has 1 aromatic rings. The fourth-order valence-corrected chi connectivity index (χ4v) is 2.48. The molecule has 0 spiro atoms. The van der Waals surface area contributed by atoms with Crippen LogP contribution >= 0.6 is 11.6 Å². The van der Waals surface area contributed by atoms with Crippen LogP contribution in [0.1, 0.15) is 17.3 Å². The van der Waals surface area contributed by atoms with Crippen molar-refractivity contribution in [3.05, 3.63) is 28.8 Å². The number of nitrogens with zero attached hydrogens (tertiary/aromatic N) is 2. The molecule has 5 nitrogen and oxygen atoms in total. The first kappa shape index (κ1) is 14.7. The molecule has 108 valence electrons. The van der Waals surface area contributed by atoms with Gasteiger partial charge in [0, 0.05) is 31.9 Å². The van der Waals surface area contributed by atoms with Crippen LogP contribution in [0.4, 0.5) is 10.5 Å². The lowest BCUT2D eigenvalue weighted by Crippen LogP contribution is -2.49. The normalized spacial score (nSPS) is 15.1. The van der Waals surface area contributed by atoms with Crippen molar-refractivity contribution in [2.75, 3.05) is 37.7 Å². The van der Waals surface area contributed by atoms with E-state index in [2.05, 4.69) is 4.90 Å². The van der Waals surface area contributed by atoms with Crippen molar-refractivity contribution in [2.45, 2.75) is 6.92 Å². The van der Waals surface area contributed by atoms with Crippen LogP contribution in [-0.2, 0) is 4.74 Å². The average molecular weight is 297 g/mol. The first-order valence-electron chi connectivity index (χ1n) is 6.57. The summed E-state index contributed by atoms with van der Waals surface area (Å²) in [5, 5.41) is 0.449. The van der Waals surface area contributed by atoms with Crippen LogP contribution in [0.25, 0.3) is 0 Å². The average Bonchev–Trinajstić information content (AvgIpc) is 2.47. The lowest BCUT2D eigenvalue weighted by molar-refractivity contribution is 0.105. The zero-order valence-electron chi connectivity index (χ0n) is 11.3. The highest BCUT2D eigenvalue weighted by Gasteiger charge is 2.23. The molecule has 1 heterocycles. The molecule has 0 bridgehead atoms. The maximum Gasteiger partial charge on any atom is 0.409 e. The van der Waals surface area contributed by atoms with Gasteiger partial charge in [0.1, 0.15) is 0 Å². The van der Waals surface area contributed by atoms with Gasteiger partial charge in [0.2, 0.25) is 0 Å². The molecular weight excluding hydrogens is 280 g/mol. The fourth-order valence-electron chi connectivity index (χ4n) is 2.26. The topological polar surface area (TPSA) is 49.9 Å². The predicted octanol–water partition coefficient (Wildman–Crippen LogP) is 2.43. The van der Waals surface area contributed by atoms with Gasteiger partial charge >= 0.3 is 6.09 Å². The molecule has 0 aliphatic carbocycles. The van der Waals surface area contributed by atoms with Gasteiger partial charge in [-0.3, -0.25) is 4.79 Å². The Labute approximate surface area is 123 Å². The second kappa shape index (κ2) is 6.61. The van der Waals surface area contributed by atoms with E-state index in [1.807, 2.05) is 12.1 Å². The van der Waals surface area contributed by atoms with Gasteiger partial charge in [-0.15, -0.1) is 0 Å². The number of amides is 1. The highest BCUT2D eigenvalue weighted by Crippen LogP contribution is 2.26. The summed E-state index contributed by atoms with van der Waals surface area (Å²) in [5.74, 6) is 0. The van der Waals surface area contributed by atoms with Crippen molar-refractivity contribution in [3.63, 3.8) is 0 Å². The Balaban J connectivity index is 2.06. The number of benzene rings is 1. The minimum Gasteiger partial charge on any atom is -0.450 e. The van der Waals surface area contributed by atoms with E-state index in [0.717, 1.165) is 12.0 Å². The van der Waals surface area contributed by atoms with Crippen LogP contribution in [0, 0.1) is 0 Å². The molecule has 1 amide bonds. The number of hydrogen-bond donors (Lipinski definition) is 0. The van der Waals surface area contributed by atoms with E-state index in [4.69, 9.17) is 16.3 Å². The van der Waals surface area contributed by atoms with Crippen molar-refractivity contribution in [3.8, 4) is 0 Å². The number of ether oxygens (including phenoxy) is 1. The van der Waals surface area contributed by atoms with Gasteiger partial charge in [0.15, 0.2) is 6.29 Å². The largest absolute Gasteiger partial charge is 0.450 e. The van der Waals surface area contributed by atoms with Crippen molar-refractivity contribution >= 4 is 29.7 Å². The molecule has 0 saturated carbocycles. The number of carbonyl (C=O) groups excluding carboxylic acids is 2. The summed E-state index contributed by atoms with van der Waals surface area (Å²) in [7, 11) is 0. The van der Waals surface area contributed by atoms with Crippen LogP contribution in [-0.4, -0.2) is 50.1 Å². The fraction of sp³-hybridized carbons (Fsp3) is 0.429. The lowest BCUT2D eigenvalue weighted by Gasteiger charge is -2.36. The molecule has 6 heteroatoms. The van der Waals surface area contributed by atoms with Gasteiger partial charge < -0.3 is 14.5 Å². The number of piperazine rings is 1. The minimum absolute atomic E-state index is 0.283. The van der Waals surface area contributed by atoms with Gasteiger partial charge in [0.25, 0.3) is 0 Å². The maximum absolute atomic E-state index is 11.6. The molecule has 0 unspecified atom stereocenters. The van der Waals surface area contributed by atoms with E-state index in [1.165, 1.54) is 0 Å². The summed E-state index contributed by atoms with van der Waals surface area (Å²) in [5.41, 5.74) is 1.31. The molecule has 0 aromatic heterocycles. The summed E-state index contributed by atoms with van der Waals surface area (Å²) < 4.78 is 4.98. The van der Waals surface area contributed by atoms with Crippen LogP contribution in [0.3, 0.4) is 0 Å². The van der Waals surface area contributed by atoms with Gasteiger partial charge in [-0.2, -0.15) is 0 Å². The second-order valence-electron chi connectivity index (χ2n) is 4.46. The van der Waals surface area contributed by atoms with E-state index in [0.29, 0.717) is 43.4 Å². The Bertz CT molecular complexity index is 499. The molecule has 0 radical (unpaired) electrons. The zero-order chi connectivity index (χ0) is 14.5. The van der Waals surface area contributed by atoms with Crippen LogP contribution in [0.5, 0.6) is 0 Å². The van der Waals surface area contributed by atoms with Crippen LogP contribution < -0.4 is 4.90 Å². The summed E-state index contributed by atoms with van der Waals surface area (Å²) in [6.45, 7) is 4.62. The third kappa shape index (κ3) is 3.04. The van der Waals surface area contributed by atoms with Crippen LogP contribution in [0.15, 0.2) is 18.2 Å². The van der Waals surface area contributed by atoms with Crippen molar-refractivity contribution < 1.29 is 14.3 Å². The number of halogens is 1. The third-order valence-electron chi connectivity index (χ3n) is 3.29. The van der Waals surface area contributed by atoms with Gasteiger partial charge in [-0.1, -0.05) is 17.7 Å². The van der Waals surface area contributed by atoms with Crippen molar-refractivity contribution in [2.24, 2.45) is 0 Å². The molecule has 2 rings (SSSR count). The molecule has 0 N–H and O–H groups in total. The highest BCUT2D eigenvalue weighted by molar-refractivity contribution is 6.33. The third-order valence-corrected chi connectivity index (χ3v) is 3.62. The summed E-state index contributed by atoms with van der Waals surface area (Å²) in [4.78, 5) is 26.5. The maximum atomic E-state index is 11.6. The number of rotatable bonds is 3. The molecule has 20 heavy (non-hydrogen) atoms. The molecule has 1 aromatic carbocycles. The van der Waals surface area contributed by atoms with E-state index in [-0.39, 0.29) is 6.09 Å². The predicted molar refractivity (Wildman–Crippen MR) is 77.6 cm³/mol. The number of aldehydes is 1. The van der Waals surface area contributed by atoms with Gasteiger partial charge in [-0.05, 0) is 19.1 Å². The monoisotopic (exact) mass is 296 g/mol. The second-order valence-corrected chi connectivity index (χ2v) is 4.87. The number of hydrogen-bond acceptors (Lipinski definition) is 4. The number of anilines is 1. The van der Waals surface area contributed by atoms with E-state index >= 15 is 0 Å². The SMILES string of the molecule is CCOC(=O)N1CCN(c2cccc(Cl)c2C=O)CC1. The Morgan fingerprint density at radius 2 is 2.05 bits per heavy atom. The van der Waals surface area contributed by atoms with Crippen LogP contribution in [0.2, 0.25) is 5.02 Å². The molecule has 1 aliphatic rings. The standard InChI is InChI=1S/C14H17ClN2O3/c1-2-20-14(19)17-8-6-16(7-9-17)13-5-3-4-12(15)11(13)10-18/h3-5,10H,2,6-9H2,1H3. The van der Waals surface area contributed by atoms with E-state index in [9.17, 15) is 9.59 Å². The first-order chi connectivity index (χ1) is 9.67. The summed E-state index contributed by atoms with van der Waals surface area (Å²) >= 11 is 6.03. The van der Waals surface area contributed by atoms with E-state index in [1.54, 1.807) is 17.9 Å². The molecule has 1 fully saturated rings. The molecule has 1 aliphatic heterocycles. The Morgan fingerprint density at radius 3 is 2.65 bits per heavy atom. The quantitative estimate of drug-likeness (QED) is 0.804. The Kier molecular flexibility index (Phi) is 4.84. The summed E-state index contributed by atoms with van der Waals surface area (Å²) in [6.07, 6.45) is 0.490. The molecule has 1 saturated heterocycles. The lowest BCUT2D eigenvalue weighted by atomic mass is 10.1. The molecular formula is C14H17ClN2O3. The Morgan fingerprint density at radius 1 is 1.35 bits per heavy atom. The van der Waals surface area contributed by atoms with E-state index < -0.39 is 0 Å². The number of carbonyl (C=O) groups is 2. The zero-order valence-corrected chi connectivity index (χ0v) is 12.1. The van der Waals surface area contributed by atoms with Gasteiger partial charge in [0.05, 0.1) is 17.2 Å². The smallest absolute Gasteiger partial charge is 0.409 e. The minimum atomic E-state index is -0.283. The highest BCUT2D eigenvalue weighted by atomic mass is 35.5. The van der Waals surface area contributed by atoms with Crippen molar-refractivity contribution in [1.29, 1.82) is 0 Å². The summed E-state index contributed by atoms with van der Waals surface area (Å²) in [6, 6.07) is 5.39. The first-order valence-corrected chi connectivity index (χ1v) is 6.95. The Hall–Kier alpha value is -1.75.